The molecule has 1 aliphatic carbocycles. The molecule has 6 N–H and O–H groups in total. The second-order valence-corrected chi connectivity index (χ2v) is 6.22. The van der Waals surface area contributed by atoms with Crippen molar-refractivity contribution >= 4 is 0 Å². The Morgan fingerprint density at radius 1 is 0.960 bits per heavy atom. The number of aliphatic hydroxyl groups is 6. The van der Waals surface area contributed by atoms with E-state index in [1.54, 1.807) is 6.08 Å². The fourth-order valence-corrected chi connectivity index (χ4v) is 3.29. The zero-order valence-corrected chi connectivity index (χ0v) is 13.2. The molecule has 0 radical (unpaired) electrons. The van der Waals surface area contributed by atoms with E-state index >= 15 is 0 Å². The SMILES string of the molecule is OCC1=CC(O)C2C=COC(OOC3OC(CO)C(O)C(O)C3O)C12. The Bertz CT molecular complexity index is 520. The monoisotopic (exact) mass is 362 g/mol. The van der Waals surface area contributed by atoms with E-state index < -0.39 is 55.6 Å². The van der Waals surface area contributed by atoms with E-state index in [1.807, 2.05) is 0 Å². The van der Waals surface area contributed by atoms with Crippen LogP contribution in [0.3, 0.4) is 0 Å². The lowest BCUT2D eigenvalue weighted by atomic mass is 9.88. The molecule has 0 aromatic heterocycles. The van der Waals surface area contributed by atoms with Gasteiger partial charge in [-0.1, -0.05) is 6.08 Å². The smallest absolute Gasteiger partial charge is 0.237 e. The summed E-state index contributed by atoms with van der Waals surface area (Å²) in [5.41, 5.74) is 0.518. The van der Waals surface area contributed by atoms with Gasteiger partial charge in [-0.3, -0.25) is 0 Å². The number of ether oxygens (including phenoxy) is 2. The number of hydrogen-bond donors (Lipinski definition) is 6. The number of rotatable bonds is 5. The molecular formula is C15H22O10. The molecule has 0 aromatic rings. The van der Waals surface area contributed by atoms with Gasteiger partial charge >= 0.3 is 0 Å². The molecule has 25 heavy (non-hydrogen) atoms. The van der Waals surface area contributed by atoms with E-state index in [0.29, 0.717) is 5.57 Å². The first-order chi connectivity index (χ1) is 12.0. The summed E-state index contributed by atoms with van der Waals surface area (Å²) >= 11 is 0. The summed E-state index contributed by atoms with van der Waals surface area (Å²) in [5, 5.41) is 57.9. The maximum absolute atomic E-state index is 9.99. The van der Waals surface area contributed by atoms with Gasteiger partial charge in [-0.05, 0) is 11.6 Å². The third-order valence-electron chi connectivity index (χ3n) is 4.70. The van der Waals surface area contributed by atoms with Gasteiger partial charge in [0.05, 0.1) is 31.5 Å². The van der Waals surface area contributed by atoms with Gasteiger partial charge in [0.1, 0.15) is 24.4 Å². The number of aliphatic hydroxyl groups excluding tert-OH is 6. The summed E-state index contributed by atoms with van der Waals surface area (Å²) in [4.78, 5) is 10.2. The van der Waals surface area contributed by atoms with Gasteiger partial charge in [0.2, 0.25) is 12.6 Å². The Hall–Kier alpha value is -1.08. The minimum Gasteiger partial charge on any atom is -0.469 e. The van der Waals surface area contributed by atoms with Gasteiger partial charge in [-0.25, -0.2) is 0 Å². The first kappa shape index (κ1) is 18.7. The summed E-state index contributed by atoms with van der Waals surface area (Å²) < 4.78 is 10.5. The Morgan fingerprint density at radius 2 is 1.68 bits per heavy atom. The minimum absolute atomic E-state index is 0.296. The summed E-state index contributed by atoms with van der Waals surface area (Å²) in [7, 11) is 0. The molecule has 0 aromatic carbocycles. The first-order valence-electron chi connectivity index (χ1n) is 7.92. The molecule has 1 saturated heterocycles. The number of hydrogen-bond acceptors (Lipinski definition) is 10. The van der Waals surface area contributed by atoms with Gasteiger partial charge < -0.3 is 40.1 Å². The topological polar surface area (TPSA) is 158 Å². The molecule has 2 aliphatic heterocycles. The molecule has 0 amide bonds. The van der Waals surface area contributed by atoms with Crippen molar-refractivity contribution in [2.24, 2.45) is 11.8 Å². The van der Waals surface area contributed by atoms with Crippen LogP contribution >= 0.6 is 0 Å². The van der Waals surface area contributed by atoms with E-state index in [9.17, 15) is 25.5 Å². The van der Waals surface area contributed by atoms with Crippen LogP contribution in [0.25, 0.3) is 0 Å². The van der Waals surface area contributed by atoms with Crippen LogP contribution in [-0.4, -0.2) is 87.0 Å². The Labute approximate surface area is 143 Å². The molecule has 0 saturated carbocycles. The standard InChI is InChI=1S/C15H22O10/c16-4-6-3-8(18)7-1-2-22-14(10(6)7)24-25-15-13(21)12(20)11(19)9(5-17)23-15/h1-3,7-21H,4-5H2. The maximum Gasteiger partial charge on any atom is 0.237 e. The second kappa shape index (κ2) is 7.66. The van der Waals surface area contributed by atoms with Gasteiger partial charge in [0.15, 0.2) is 0 Å². The highest BCUT2D eigenvalue weighted by molar-refractivity contribution is 5.25. The lowest BCUT2D eigenvalue weighted by molar-refractivity contribution is -0.467. The quantitative estimate of drug-likeness (QED) is 0.171. The Kier molecular flexibility index (Phi) is 5.73. The normalized spacial score (nSPS) is 46.5. The predicted octanol–water partition coefficient (Wildman–Crippen LogP) is -2.87. The first-order valence-corrected chi connectivity index (χ1v) is 7.92. The van der Waals surface area contributed by atoms with E-state index in [0.717, 1.165) is 0 Å². The van der Waals surface area contributed by atoms with Crippen molar-refractivity contribution in [3.8, 4) is 0 Å². The van der Waals surface area contributed by atoms with Crippen molar-refractivity contribution in [3.05, 3.63) is 24.0 Å². The van der Waals surface area contributed by atoms with Gasteiger partial charge in [-0.15, -0.1) is 0 Å². The molecule has 142 valence electrons. The van der Waals surface area contributed by atoms with Gasteiger partial charge in [0, 0.05) is 5.92 Å². The third-order valence-corrected chi connectivity index (χ3v) is 4.70. The molecule has 0 bridgehead atoms. The van der Waals surface area contributed by atoms with Crippen LogP contribution in [0.4, 0.5) is 0 Å². The molecule has 10 nitrogen and oxygen atoms in total. The molecule has 9 atom stereocenters. The fraction of sp³-hybridized carbons (Fsp3) is 0.733. The highest BCUT2D eigenvalue weighted by Crippen LogP contribution is 2.40. The molecule has 9 unspecified atom stereocenters. The van der Waals surface area contributed by atoms with Crippen molar-refractivity contribution < 1.29 is 49.9 Å². The fourth-order valence-electron chi connectivity index (χ4n) is 3.29. The van der Waals surface area contributed by atoms with Crippen molar-refractivity contribution in [3.63, 3.8) is 0 Å². The van der Waals surface area contributed by atoms with Crippen LogP contribution in [0.5, 0.6) is 0 Å². The van der Waals surface area contributed by atoms with E-state index in [1.165, 1.54) is 12.3 Å². The summed E-state index contributed by atoms with van der Waals surface area (Å²) in [6.45, 7) is -0.892. The minimum atomic E-state index is -1.62. The van der Waals surface area contributed by atoms with Gasteiger partial charge in [0.25, 0.3) is 0 Å². The molecule has 0 spiro atoms. The maximum atomic E-state index is 9.99. The Morgan fingerprint density at radius 3 is 2.36 bits per heavy atom. The van der Waals surface area contributed by atoms with Crippen LogP contribution in [-0.2, 0) is 19.2 Å². The van der Waals surface area contributed by atoms with Gasteiger partial charge in [-0.2, -0.15) is 9.78 Å². The molecule has 3 rings (SSSR count). The van der Waals surface area contributed by atoms with Crippen LogP contribution in [0.1, 0.15) is 0 Å². The third kappa shape index (κ3) is 3.45. The lowest BCUT2D eigenvalue weighted by Crippen LogP contribution is -2.59. The molecule has 1 fully saturated rings. The highest BCUT2D eigenvalue weighted by Gasteiger charge is 2.47. The summed E-state index contributed by atoms with van der Waals surface area (Å²) in [6, 6.07) is 0. The highest BCUT2D eigenvalue weighted by atomic mass is 17.2. The molecular weight excluding hydrogens is 340 g/mol. The van der Waals surface area contributed by atoms with Crippen molar-refractivity contribution in [2.75, 3.05) is 13.2 Å². The van der Waals surface area contributed by atoms with Crippen molar-refractivity contribution in [2.45, 2.75) is 43.1 Å². The zero-order valence-electron chi connectivity index (χ0n) is 13.2. The van der Waals surface area contributed by atoms with E-state index in [2.05, 4.69) is 0 Å². The lowest BCUT2D eigenvalue weighted by Gasteiger charge is -2.39. The Balaban J connectivity index is 1.65. The van der Waals surface area contributed by atoms with E-state index in [4.69, 9.17) is 24.4 Å². The summed E-state index contributed by atoms with van der Waals surface area (Å²) in [5.74, 6) is -0.866. The zero-order chi connectivity index (χ0) is 18.1. The largest absolute Gasteiger partial charge is 0.469 e. The van der Waals surface area contributed by atoms with Crippen molar-refractivity contribution in [1.29, 1.82) is 0 Å². The summed E-state index contributed by atoms with van der Waals surface area (Å²) in [6.07, 6.45) is -4.67. The second-order valence-electron chi connectivity index (χ2n) is 6.22. The van der Waals surface area contributed by atoms with E-state index in [-0.39, 0.29) is 12.5 Å². The van der Waals surface area contributed by atoms with Crippen LogP contribution in [0.15, 0.2) is 24.0 Å². The molecule has 10 heteroatoms. The molecule has 2 heterocycles. The predicted molar refractivity (Wildman–Crippen MR) is 78.1 cm³/mol. The average Bonchev–Trinajstić information content (AvgIpc) is 2.96. The molecule has 3 aliphatic rings. The van der Waals surface area contributed by atoms with Crippen LogP contribution < -0.4 is 0 Å². The van der Waals surface area contributed by atoms with Crippen molar-refractivity contribution in [1.82, 2.24) is 0 Å². The van der Waals surface area contributed by atoms with Crippen LogP contribution in [0, 0.1) is 11.8 Å². The van der Waals surface area contributed by atoms with Crippen LogP contribution in [0.2, 0.25) is 0 Å². The number of fused-ring (bicyclic) bond motifs is 1. The average molecular weight is 362 g/mol.